The first-order valence-corrected chi connectivity index (χ1v) is 14.9. The van der Waals surface area contributed by atoms with Gasteiger partial charge in [0, 0.05) is 30.2 Å². The number of urea groups is 1. The number of hydrogen-bond acceptors (Lipinski definition) is 6. The lowest BCUT2D eigenvalue weighted by molar-refractivity contribution is 0.0733. The van der Waals surface area contributed by atoms with Gasteiger partial charge in [0.05, 0.1) is 16.6 Å². The van der Waals surface area contributed by atoms with Crippen LogP contribution in [0.2, 0.25) is 0 Å². The number of aryl methyl sites for hydroxylation is 1. The SMILES string of the molecule is Cc1ccc(S(=O)(=O)n2ccc3c2ncc2nnc(C45CCC(NC(=O)N6CCCC6)(CC4)CC5)n23)cc1. The second-order valence-electron chi connectivity index (χ2n) is 11.3. The number of fused-ring (bicyclic) bond motifs is 6. The molecule has 2 amide bonds. The van der Waals surface area contributed by atoms with Crippen LogP contribution < -0.4 is 5.32 Å². The molecule has 4 fully saturated rings. The van der Waals surface area contributed by atoms with Gasteiger partial charge in [0.2, 0.25) is 0 Å². The molecule has 1 aromatic carbocycles. The van der Waals surface area contributed by atoms with E-state index in [0.717, 1.165) is 75.8 Å². The second-order valence-corrected chi connectivity index (χ2v) is 13.1. The van der Waals surface area contributed by atoms with Crippen molar-refractivity contribution in [2.24, 2.45) is 0 Å². The normalized spacial score (nSPS) is 25.4. The maximum atomic E-state index is 13.5. The van der Waals surface area contributed by atoms with Crippen LogP contribution in [0.15, 0.2) is 47.6 Å². The highest BCUT2D eigenvalue weighted by molar-refractivity contribution is 7.90. The van der Waals surface area contributed by atoms with Crippen LogP contribution in [0.5, 0.6) is 0 Å². The van der Waals surface area contributed by atoms with Gasteiger partial charge in [-0.05, 0) is 76.5 Å². The molecule has 3 saturated carbocycles. The molecule has 11 heteroatoms. The Morgan fingerprint density at radius 3 is 2.32 bits per heavy atom. The van der Waals surface area contributed by atoms with Gasteiger partial charge in [0.25, 0.3) is 10.0 Å². The number of nitrogens with zero attached hydrogens (tertiary/aromatic N) is 6. The van der Waals surface area contributed by atoms with E-state index < -0.39 is 10.0 Å². The predicted octanol–water partition coefficient (Wildman–Crippen LogP) is 3.77. The van der Waals surface area contributed by atoms with Crippen LogP contribution >= 0.6 is 0 Å². The van der Waals surface area contributed by atoms with Gasteiger partial charge in [-0.25, -0.2) is 22.2 Å². The molecular formula is C27H31N7O3S. The summed E-state index contributed by atoms with van der Waals surface area (Å²) in [5.41, 5.74) is 2.33. The number of carbonyl (C=O) groups is 1. The van der Waals surface area contributed by atoms with E-state index in [0.29, 0.717) is 16.8 Å². The van der Waals surface area contributed by atoms with E-state index in [-0.39, 0.29) is 21.9 Å². The number of carbonyl (C=O) groups excluding carboxylic acids is 1. The number of amides is 2. The van der Waals surface area contributed by atoms with Crippen LogP contribution in [0.4, 0.5) is 4.79 Å². The van der Waals surface area contributed by atoms with Gasteiger partial charge in [-0.3, -0.25) is 4.40 Å². The molecule has 0 atom stereocenters. The molecule has 0 radical (unpaired) electrons. The van der Waals surface area contributed by atoms with Crippen molar-refractivity contribution in [1.29, 1.82) is 0 Å². The first kappa shape index (κ1) is 23.6. The Bertz CT molecular complexity index is 1640. The highest BCUT2D eigenvalue weighted by Gasteiger charge is 2.52. The molecule has 0 unspecified atom stereocenters. The van der Waals surface area contributed by atoms with E-state index >= 15 is 0 Å². The van der Waals surface area contributed by atoms with Crippen molar-refractivity contribution in [1.82, 2.24) is 33.8 Å². The molecule has 38 heavy (non-hydrogen) atoms. The molecular weight excluding hydrogens is 502 g/mol. The third kappa shape index (κ3) is 3.47. The number of aromatic nitrogens is 5. The Labute approximate surface area is 221 Å². The third-order valence-electron chi connectivity index (χ3n) is 9.10. The molecule has 3 aliphatic carbocycles. The average Bonchev–Trinajstić information content (AvgIpc) is 3.69. The molecule has 3 aromatic heterocycles. The van der Waals surface area contributed by atoms with Crippen LogP contribution in [0, 0.1) is 6.92 Å². The maximum Gasteiger partial charge on any atom is 0.317 e. The minimum atomic E-state index is -3.81. The van der Waals surface area contributed by atoms with Crippen molar-refractivity contribution in [3.63, 3.8) is 0 Å². The highest BCUT2D eigenvalue weighted by atomic mass is 32.2. The standard InChI is InChI=1S/C27H31N7O3S/c1-19-4-6-20(7-5-19)38(36,37)33-17-8-21-23(33)28-18-22-30-31-24(34(21)22)26-9-12-27(13-10-26,14-11-26)29-25(35)32-15-2-3-16-32/h4-8,17-18H,2-3,9-16H2,1H3,(H,29,35). The Kier molecular flexibility index (Phi) is 5.14. The molecule has 1 N–H and O–H groups in total. The Balaban J connectivity index is 1.23. The second kappa shape index (κ2) is 8.26. The van der Waals surface area contributed by atoms with Crippen molar-refractivity contribution in [3.05, 3.63) is 54.1 Å². The van der Waals surface area contributed by atoms with Crippen molar-refractivity contribution in [2.75, 3.05) is 13.1 Å². The van der Waals surface area contributed by atoms with Gasteiger partial charge in [0.1, 0.15) is 5.82 Å². The Morgan fingerprint density at radius 1 is 0.947 bits per heavy atom. The van der Waals surface area contributed by atoms with Gasteiger partial charge in [0.15, 0.2) is 11.3 Å². The molecule has 4 heterocycles. The van der Waals surface area contributed by atoms with E-state index in [1.54, 1.807) is 42.7 Å². The largest absolute Gasteiger partial charge is 0.333 e. The quantitative estimate of drug-likeness (QED) is 0.427. The number of nitrogens with one attached hydrogen (secondary N) is 1. The van der Waals surface area contributed by atoms with E-state index in [2.05, 4.69) is 20.5 Å². The van der Waals surface area contributed by atoms with E-state index in [4.69, 9.17) is 0 Å². The monoisotopic (exact) mass is 533 g/mol. The number of hydrogen-bond donors (Lipinski definition) is 1. The van der Waals surface area contributed by atoms with Crippen LogP contribution in [0.3, 0.4) is 0 Å². The van der Waals surface area contributed by atoms with Crippen LogP contribution in [-0.4, -0.2) is 61.5 Å². The lowest BCUT2D eigenvalue weighted by Gasteiger charge is -2.53. The highest BCUT2D eigenvalue weighted by Crippen LogP contribution is 2.53. The number of rotatable bonds is 4. The summed E-state index contributed by atoms with van der Waals surface area (Å²) in [6.07, 6.45) is 10.7. The summed E-state index contributed by atoms with van der Waals surface area (Å²) in [5, 5.41) is 12.5. The van der Waals surface area contributed by atoms with Crippen molar-refractivity contribution in [2.45, 2.75) is 74.1 Å². The Morgan fingerprint density at radius 2 is 1.63 bits per heavy atom. The van der Waals surface area contributed by atoms with Crippen molar-refractivity contribution in [3.8, 4) is 0 Å². The van der Waals surface area contributed by atoms with Gasteiger partial charge in [-0.1, -0.05) is 17.7 Å². The van der Waals surface area contributed by atoms with Gasteiger partial charge in [-0.15, -0.1) is 10.2 Å². The smallest absolute Gasteiger partial charge is 0.317 e. The first-order valence-electron chi connectivity index (χ1n) is 13.4. The summed E-state index contributed by atoms with van der Waals surface area (Å²) in [6.45, 7) is 3.62. The minimum absolute atomic E-state index is 0.0775. The van der Waals surface area contributed by atoms with E-state index in [1.807, 2.05) is 16.2 Å². The maximum absolute atomic E-state index is 13.5. The fourth-order valence-corrected chi connectivity index (χ4v) is 8.02. The zero-order valence-corrected chi connectivity index (χ0v) is 22.2. The van der Waals surface area contributed by atoms with Gasteiger partial charge >= 0.3 is 6.03 Å². The number of benzene rings is 1. The lowest BCUT2D eigenvalue weighted by atomic mass is 9.57. The molecule has 4 aromatic rings. The fourth-order valence-electron chi connectivity index (χ4n) is 6.73. The predicted molar refractivity (Wildman–Crippen MR) is 141 cm³/mol. The zero-order valence-electron chi connectivity index (χ0n) is 21.4. The summed E-state index contributed by atoms with van der Waals surface area (Å²) in [4.78, 5) is 19.5. The van der Waals surface area contributed by atoms with Gasteiger partial charge < -0.3 is 10.2 Å². The Hall–Kier alpha value is -3.47. The number of likely N-dealkylation sites (tertiary alicyclic amines) is 1. The molecule has 198 valence electrons. The summed E-state index contributed by atoms with van der Waals surface area (Å²) < 4.78 is 30.2. The van der Waals surface area contributed by atoms with Crippen LogP contribution in [0.25, 0.3) is 16.8 Å². The van der Waals surface area contributed by atoms with E-state index in [9.17, 15) is 13.2 Å². The van der Waals surface area contributed by atoms with Crippen LogP contribution in [0.1, 0.15) is 62.8 Å². The minimum Gasteiger partial charge on any atom is -0.333 e. The molecule has 1 aliphatic heterocycles. The molecule has 4 aliphatic rings. The first-order chi connectivity index (χ1) is 18.3. The van der Waals surface area contributed by atoms with Gasteiger partial charge in [-0.2, -0.15) is 0 Å². The third-order valence-corrected chi connectivity index (χ3v) is 10.8. The fraction of sp³-hybridized carbons (Fsp3) is 0.481. The topological polar surface area (TPSA) is 114 Å². The van der Waals surface area contributed by atoms with E-state index in [1.165, 1.54) is 3.97 Å². The summed E-state index contributed by atoms with van der Waals surface area (Å²) >= 11 is 0. The van der Waals surface area contributed by atoms with Crippen molar-refractivity contribution < 1.29 is 13.2 Å². The molecule has 8 rings (SSSR count). The summed E-state index contributed by atoms with van der Waals surface area (Å²) in [5.74, 6) is 0.865. The average molecular weight is 534 g/mol. The van der Waals surface area contributed by atoms with Crippen LogP contribution in [-0.2, 0) is 15.4 Å². The zero-order chi connectivity index (χ0) is 26.1. The summed E-state index contributed by atoms with van der Waals surface area (Å²) in [7, 11) is -3.81. The molecule has 1 saturated heterocycles. The molecule has 10 nitrogen and oxygen atoms in total. The summed E-state index contributed by atoms with van der Waals surface area (Å²) in [6, 6.07) is 8.70. The molecule has 0 spiro atoms. The van der Waals surface area contributed by atoms with Crippen molar-refractivity contribution >= 4 is 32.9 Å². The molecule has 2 bridgehead atoms. The lowest BCUT2D eigenvalue weighted by Crippen LogP contribution is -2.60.